The molecule has 0 aliphatic heterocycles. The van der Waals surface area contributed by atoms with Crippen LogP contribution in [0, 0.1) is 0 Å². The normalized spacial score (nSPS) is 13.5. The number of benzene rings is 1. The van der Waals surface area contributed by atoms with E-state index < -0.39 is 0 Å². The second-order valence-electron chi connectivity index (χ2n) is 3.00. The molecule has 0 bridgehead atoms. The lowest BCUT2D eigenvalue weighted by molar-refractivity contribution is 0.440. The quantitative estimate of drug-likeness (QED) is 0.834. The molecule has 68 valence electrons. The molecule has 2 rings (SSSR count). The van der Waals surface area contributed by atoms with Crippen LogP contribution in [0.3, 0.4) is 0 Å². The van der Waals surface area contributed by atoms with Gasteiger partial charge in [-0.05, 0) is 25.1 Å². The van der Waals surface area contributed by atoms with Gasteiger partial charge in [-0.2, -0.15) is 0 Å². The first kappa shape index (κ1) is 8.72. The van der Waals surface area contributed by atoms with E-state index in [1.165, 1.54) is 0 Å². The van der Waals surface area contributed by atoms with E-state index in [9.17, 15) is 0 Å². The summed E-state index contributed by atoms with van der Waals surface area (Å²) < 4.78 is 6.12. The van der Waals surface area contributed by atoms with Crippen LogP contribution < -0.4 is 5.73 Å². The van der Waals surface area contributed by atoms with E-state index in [1.807, 2.05) is 25.1 Å². The average molecular weight is 241 g/mol. The third-order valence-corrected chi connectivity index (χ3v) is 2.38. The maximum atomic E-state index is 5.74. The number of hydrogen-bond donors (Lipinski definition) is 1. The molecule has 0 aliphatic carbocycles. The number of hydrogen-bond acceptors (Lipinski definition) is 3. The minimum Gasteiger partial charge on any atom is -0.356 e. The zero-order valence-electron chi connectivity index (χ0n) is 7.12. The highest BCUT2D eigenvalue weighted by Gasteiger charge is 2.11. The van der Waals surface area contributed by atoms with E-state index in [-0.39, 0.29) is 6.04 Å². The molecule has 0 amide bonds. The van der Waals surface area contributed by atoms with Crippen molar-refractivity contribution in [2.75, 3.05) is 0 Å². The van der Waals surface area contributed by atoms with Crippen molar-refractivity contribution in [2.45, 2.75) is 13.0 Å². The Balaban J connectivity index is 2.71. The molecule has 1 aromatic carbocycles. The van der Waals surface area contributed by atoms with Gasteiger partial charge in [0.1, 0.15) is 5.69 Å². The molecular formula is C9H9BrN2O. The molecule has 0 saturated carbocycles. The number of nitrogens with two attached hydrogens (primary N) is 1. The molecule has 4 heteroatoms. The zero-order chi connectivity index (χ0) is 9.42. The molecule has 0 fully saturated rings. The summed E-state index contributed by atoms with van der Waals surface area (Å²) in [5.74, 6) is 0. The molecule has 1 heterocycles. The van der Waals surface area contributed by atoms with Crippen molar-refractivity contribution in [1.29, 1.82) is 0 Å². The smallest absolute Gasteiger partial charge is 0.167 e. The Hall–Kier alpha value is -0.870. The highest BCUT2D eigenvalue weighted by atomic mass is 79.9. The van der Waals surface area contributed by atoms with Crippen molar-refractivity contribution in [2.24, 2.45) is 5.73 Å². The molecule has 1 aromatic heterocycles. The molecule has 13 heavy (non-hydrogen) atoms. The SMILES string of the molecule is CC(N)c1noc2ccc(Br)cc12. The second-order valence-corrected chi connectivity index (χ2v) is 3.91. The molecule has 3 nitrogen and oxygen atoms in total. The van der Waals surface area contributed by atoms with E-state index in [0.29, 0.717) is 0 Å². The number of nitrogens with zero attached hydrogens (tertiary/aromatic N) is 1. The Labute approximate surface area is 84.0 Å². The van der Waals surface area contributed by atoms with Crippen LogP contribution in [0.5, 0.6) is 0 Å². The van der Waals surface area contributed by atoms with Gasteiger partial charge in [-0.15, -0.1) is 0 Å². The van der Waals surface area contributed by atoms with E-state index >= 15 is 0 Å². The van der Waals surface area contributed by atoms with Gasteiger partial charge in [0.25, 0.3) is 0 Å². The predicted octanol–water partition coefficient (Wildman–Crippen LogP) is 2.61. The molecule has 0 aliphatic rings. The van der Waals surface area contributed by atoms with Gasteiger partial charge in [-0.3, -0.25) is 0 Å². The van der Waals surface area contributed by atoms with Gasteiger partial charge in [0, 0.05) is 15.9 Å². The lowest BCUT2D eigenvalue weighted by atomic mass is 10.1. The van der Waals surface area contributed by atoms with Crippen LogP contribution >= 0.6 is 15.9 Å². The Morgan fingerprint density at radius 3 is 3.00 bits per heavy atom. The molecule has 1 atom stereocenters. The monoisotopic (exact) mass is 240 g/mol. The summed E-state index contributed by atoms with van der Waals surface area (Å²) in [6.45, 7) is 1.89. The van der Waals surface area contributed by atoms with Gasteiger partial charge in [-0.25, -0.2) is 0 Å². The first-order valence-corrected chi connectivity index (χ1v) is 4.78. The van der Waals surface area contributed by atoms with Crippen LogP contribution in [0.15, 0.2) is 27.2 Å². The zero-order valence-corrected chi connectivity index (χ0v) is 8.71. The number of halogens is 1. The van der Waals surface area contributed by atoms with Crippen LogP contribution in [-0.2, 0) is 0 Å². The third kappa shape index (κ3) is 1.47. The van der Waals surface area contributed by atoms with Crippen LogP contribution in [0.2, 0.25) is 0 Å². The lowest BCUT2D eigenvalue weighted by Crippen LogP contribution is -2.05. The first-order chi connectivity index (χ1) is 6.18. The second kappa shape index (κ2) is 3.12. The largest absolute Gasteiger partial charge is 0.356 e. The van der Waals surface area contributed by atoms with Crippen LogP contribution in [0.25, 0.3) is 11.0 Å². The van der Waals surface area contributed by atoms with E-state index in [2.05, 4.69) is 21.1 Å². The van der Waals surface area contributed by atoms with Gasteiger partial charge in [0.15, 0.2) is 5.58 Å². The van der Waals surface area contributed by atoms with Gasteiger partial charge in [0.2, 0.25) is 0 Å². The summed E-state index contributed by atoms with van der Waals surface area (Å²) in [6, 6.07) is 5.65. The summed E-state index contributed by atoms with van der Waals surface area (Å²) in [4.78, 5) is 0. The van der Waals surface area contributed by atoms with Crippen LogP contribution in [0.1, 0.15) is 18.7 Å². The van der Waals surface area contributed by atoms with Gasteiger partial charge in [-0.1, -0.05) is 21.1 Å². The first-order valence-electron chi connectivity index (χ1n) is 3.99. The van der Waals surface area contributed by atoms with Crippen LogP contribution in [0.4, 0.5) is 0 Å². The Morgan fingerprint density at radius 1 is 1.54 bits per heavy atom. The fourth-order valence-corrected chi connectivity index (χ4v) is 1.62. The molecule has 0 spiro atoms. The molecule has 2 aromatic rings. The number of fused-ring (bicyclic) bond motifs is 1. The molecular weight excluding hydrogens is 232 g/mol. The van der Waals surface area contributed by atoms with Crippen molar-refractivity contribution in [3.63, 3.8) is 0 Å². The summed E-state index contributed by atoms with van der Waals surface area (Å²) in [7, 11) is 0. The van der Waals surface area contributed by atoms with Crippen molar-refractivity contribution < 1.29 is 4.52 Å². The van der Waals surface area contributed by atoms with Crippen molar-refractivity contribution >= 4 is 26.9 Å². The van der Waals surface area contributed by atoms with Crippen molar-refractivity contribution in [3.05, 3.63) is 28.4 Å². The maximum Gasteiger partial charge on any atom is 0.167 e. The number of aromatic nitrogens is 1. The summed E-state index contributed by atoms with van der Waals surface area (Å²) in [5.41, 5.74) is 7.31. The van der Waals surface area contributed by atoms with Crippen molar-refractivity contribution in [3.8, 4) is 0 Å². The minimum absolute atomic E-state index is 0.101. The molecule has 1 unspecified atom stereocenters. The van der Waals surface area contributed by atoms with E-state index in [4.69, 9.17) is 10.3 Å². The average Bonchev–Trinajstić information content (AvgIpc) is 2.46. The molecule has 0 saturated heterocycles. The maximum absolute atomic E-state index is 5.74. The van der Waals surface area contributed by atoms with E-state index in [0.717, 1.165) is 21.1 Å². The van der Waals surface area contributed by atoms with Gasteiger partial charge >= 0.3 is 0 Å². The Kier molecular flexibility index (Phi) is 2.09. The fraction of sp³-hybridized carbons (Fsp3) is 0.222. The summed E-state index contributed by atoms with van der Waals surface area (Å²) in [6.07, 6.45) is 0. The Morgan fingerprint density at radius 2 is 2.31 bits per heavy atom. The fourth-order valence-electron chi connectivity index (χ4n) is 1.26. The highest BCUT2D eigenvalue weighted by Crippen LogP contribution is 2.25. The standard InChI is InChI=1S/C9H9BrN2O/c1-5(11)9-7-4-6(10)2-3-8(7)13-12-9/h2-5H,11H2,1H3. The third-order valence-electron chi connectivity index (χ3n) is 1.89. The topological polar surface area (TPSA) is 52.0 Å². The van der Waals surface area contributed by atoms with E-state index in [1.54, 1.807) is 0 Å². The highest BCUT2D eigenvalue weighted by molar-refractivity contribution is 9.10. The number of rotatable bonds is 1. The van der Waals surface area contributed by atoms with Crippen LogP contribution in [-0.4, -0.2) is 5.16 Å². The summed E-state index contributed by atoms with van der Waals surface area (Å²) >= 11 is 3.39. The molecule has 2 N–H and O–H groups in total. The molecule has 0 radical (unpaired) electrons. The Bertz CT molecular complexity index is 436. The lowest BCUT2D eigenvalue weighted by Gasteiger charge is -1.98. The van der Waals surface area contributed by atoms with Gasteiger partial charge in [0.05, 0.1) is 0 Å². The van der Waals surface area contributed by atoms with Gasteiger partial charge < -0.3 is 10.3 Å². The predicted molar refractivity (Wildman–Crippen MR) is 54.3 cm³/mol. The summed E-state index contributed by atoms with van der Waals surface area (Å²) in [5, 5.41) is 4.89. The van der Waals surface area contributed by atoms with Crippen molar-refractivity contribution in [1.82, 2.24) is 5.16 Å². The minimum atomic E-state index is -0.101.